The van der Waals surface area contributed by atoms with Crippen LogP contribution in [-0.4, -0.2) is 18.5 Å². The first-order chi connectivity index (χ1) is 7.41. The number of unbranched alkanes of at least 4 members (excludes halogenated alkanes) is 7. The lowest BCUT2D eigenvalue weighted by Crippen LogP contribution is -1.93. The molecule has 0 aromatic carbocycles. The maximum Gasteiger partial charge on any atom is 0.0644 e. The first-order valence-corrected chi connectivity index (χ1v) is 7.28. The fraction of sp³-hybridized carbons (Fsp3) is 0.846. The van der Waals surface area contributed by atoms with Crippen molar-refractivity contribution in [1.82, 2.24) is 0 Å². The van der Waals surface area contributed by atoms with Gasteiger partial charge in [-0.25, -0.2) is 0 Å². The van der Waals surface area contributed by atoms with Crippen molar-refractivity contribution in [2.45, 2.75) is 51.4 Å². The molecular weight excluding hydrogens is 252 g/mol. The predicted octanol–water partition coefficient (Wildman–Crippen LogP) is 4.70. The highest BCUT2D eigenvalue weighted by Gasteiger charge is 1.92. The van der Waals surface area contributed by atoms with Crippen LogP contribution < -0.4 is 0 Å². The van der Waals surface area contributed by atoms with Gasteiger partial charge < -0.3 is 4.74 Å². The predicted molar refractivity (Wildman–Crippen MR) is 71.7 cm³/mol. The molecule has 0 aliphatic carbocycles. The van der Waals surface area contributed by atoms with Gasteiger partial charge >= 0.3 is 0 Å². The Bertz CT molecular complexity index is 126. The Kier molecular flexibility index (Phi) is 14.4. The largest absolute Gasteiger partial charge is 0.377 e. The minimum atomic E-state index is 0.701. The third-order valence-electron chi connectivity index (χ3n) is 2.41. The topological polar surface area (TPSA) is 9.23 Å². The summed E-state index contributed by atoms with van der Waals surface area (Å²) in [4.78, 5) is 0. The van der Waals surface area contributed by atoms with Crippen molar-refractivity contribution in [2.75, 3.05) is 18.5 Å². The van der Waals surface area contributed by atoms with Gasteiger partial charge in [0.1, 0.15) is 0 Å². The Labute approximate surface area is 103 Å². The quantitative estimate of drug-likeness (QED) is 0.285. The van der Waals surface area contributed by atoms with E-state index < -0.39 is 0 Å². The molecule has 2 heteroatoms. The number of halogens is 1. The summed E-state index contributed by atoms with van der Waals surface area (Å²) in [6, 6.07) is 0. The first kappa shape index (κ1) is 15.2. The molecule has 0 atom stereocenters. The lowest BCUT2D eigenvalue weighted by molar-refractivity contribution is 0.157. The molecule has 0 aromatic rings. The van der Waals surface area contributed by atoms with Gasteiger partial charge in [0.25, 0.3) is 0 Å². The molecule has 0 aliphatic rings. The summed E-state index contributed by atoms with van der Waals surface area (Å²) in [5.74, 6) is 0. The molecular formula is C13H25BrO. The van der Waals surface area contributed by atoms with Crippen LogP contribution in [0.15, 0.2) is 12.7 Å². The molecule has 0 radical (unpaired) electrons. The Balaban J connectivity index is 2.83. The van der Waals surface area contributed by atoms with E-state index in [9.17, 15) is 0 Å². The van der Waals surface area contributed by atoms with Gasteiger partial charge in [0.2, 0.25) is 0 Å². The lowest BCUT2D eigenvalue weighted by Gasteiger charge is -2.02. The van der Waals surface area contributed by atoms with Gasteiger partial charge in [0.15, 0.2) is 0 Å². The van der Waals surface area contributed by atoms with Crippen molar-refractivity contribution in [2.24, 2.45) is 0 Å². The molecule has 0 heterocycles. The van der Waals surface area contributed by atoms with Crippen LogP contribution in [0.4, 0.5) is 0 Å². The average Bonchev–Trinajstić information content (AvgIpc) is 2.26. The van der Waals surface area contributed by atoms with Crippen molar-refractivity contribution in [3.8, 4) is 0 Å². The number of rotatable bonds is 12. The molecule has 0 amide bonds. The van der Waals surface area contributed by atoms with Gasteiger partial charge in [0, 0.05) is 11.9 Å². The molecule has 0 saturated carbocycles. The van der Waals surface area contributed by atoms with Gasteiger partial charge in [-0.3, -0.25) is 0 Å². The zero-order valence-corrected chi connectivity index (χ0v) is 11.4. The molecule has 0 spiro atoms. The smallest absolute Gasteiger partial charge is 0.0644 e. The second-order valence-corrected chi connectivity index (χ2v) is 4.67. The molecule has 0 saturated heterocycles. The van der Waals surface area contributed by atoms with E-state index in [4.69, 9.17) is 4.74 Å². The van der Waals surface area contributed by atoms with Crippen LogP contribution in [0.2, 0.25) is 0 Å². The molecule has 0 N–H and O–H groups in total. The summed E-state index contributed by atoms with van der Waals surface area (Å²) in [6.45, 7) is 5.21. The molecule has 0 unspecified atom stereocenters. The maximum atomic E-state index is 5.32. The monoisotopic (exact) mass is 276 g/mol. The minimum Gasteiger partial charge on any atom is -0.377 e. The Morgan fingerprint density at radius 3 is 1.93 bits per heavy atom. The molecule has 0 fully saturated rings. The highest BCUT2D eigenvalue weighted by Crippen LogP contribution is 2.09. The van der Waals surface area contributed by atoms with E-state index in [1.54, 1.807) is 0 Å². The van der Waals surface area contributed by atoms with Gasteiger partial charge in [-0.05, 0) is 12.8 Å². The van der Waals surface area contributed by atoms with Gasteiger partial charge in [-0.15, -0.1) is 6.58 Å². The molecule has 90 valence electrons. The fourth-order valence-corrected chi connectivity index (χ4v) is 1.92. The van der Waals surface area contributed by atoms with Crippen LogP contribution in [0.25, 0.3) is 0 Å². The van der Waals surface area contributed by atoms with Crippen LogP contribution in [0.1, 0.15) is 51.4 Å². The lowest BCUT2D eigenvalue weighted by atomic mass is 10.1. The van der Waals surface area contributed by atoms with Crippen molar-refractivity contribution < 1.29 is 4.74 Å². The van der Waals surface area contributed by atoms with E-state index in [1.165, 1.54) is 51.4 Å². The third kappa shape index (κ3) is 14.2. The standard InChI is InChI=1S/C13H25BrO/c1-2-12-15-13-10-8-6-4-3-5-7-9-11-14/h2H,1,3-13H2. The van der Waals surface area contributed by atoms with Crippen molar-refractivity contribution in [3.63, 3.8) is 0 Å². The number of hydrogen-bond acceptors (Lipinski definition) is 1. The van der Waals surface area contributed by atoms with Gasteiger partial charge in [-0.2, -0.15) is 0 Å². The summed E-state index contributed by atoms with van der Waals surface area (Å²) >= 11 is 3.45. The molecule has 0 bridgehead atoms. The van der Waals surface area contributed by atoms with Crippen LogP contribution in [0, 0.1) is 0 Å². The minimum absolute atomic E-state index is 0.701. The third-order valence-corrected chi connectivity index (χ3v) is 2.97. The van der Waals surface area contributed by atoms with E-state index in [0.717, 1.165) is 11.9 Å². The summed E-state index contributed by atoms with van der Waals surface area (Å²) < 4.78 is 5.32. The van der Waals surface area contributed by atoms with E-state index in [1.807, 2.05) is 6.08 Å². The van der Waals surface area contributed by atoms with E-state index in [2.05, 4.69) is 22.5 Å². The van der Waals surface area contributed by atoms with Crippen LogP contribution >= 0.6 is 15.9 Å². The fourth-order valence-electron chi connectivity index (χ4n) is 1.53. The molecule has 0 rings (SSSR count). The number of ether oxygens (including phenoxy) is 1. The molecule has 15 heavy (non-hydrogen) atoms. The normalized spacial score (nSPS) is 10.5. The van der Waals surface area contributed by atoms with Crippen molar-refractivity contribution >= 4 is 15.9 Å². The molecule has 0 aliphatic heterocycles. The summed E-state index contributed by atoms with van der Waals surface area (Å²) in [5, 5.41) is 1.16. The zero-order chi connectivity index (χ0) is 11.2. The summed E-state index contributed by atoms with van der Waals surface area (Å²) in [5.41, 5.74) is 0. The van der Waals surface area contributed by atoms with Crippen molar-refractivity contribution in [3.05, 3.63) is 12.7 Å². The van der Waals surface area contributed by atoms with E-state index in [0.29, 0.717) is 6.61 Å². The summed E-state index contributed by atoms with van der Waals surface area (Å²) in [7, 11) is 0. The van der Waals surface area contributed by atoms with Gasteiger partial charge in [-0.1, -0.05) is 60.5 Å². The molecule has 1 nitrogen and oxygen atoms in total. The second-order valence-electron chi connectivity index (χ2n) is 3.88. The van der Waals surface area contributed by atoms with E-state index in [-0.39, 0.29) is 0 Å². The molecule has 0 aromatic heterocycles. The Hall–Kier alpha value is 0.180. The van der Waals surface area contributed by atoms with Crippen LogP contribution in [-0.2, 0) is 4.74 Å². The highest BCUT2D eigenvalue weighted by atomic mass is 79.9. The second kappa shape index (κ2) is 14.2. The van der Waals surface area contributed by atoms with E-state index >= 15 is 0 Å². The van der Waals surface area contributed by atoms with Crippen LogP contribution in [0.5, 0.6) is 0 Å². The van der Waals surface area contributed by atoms with Gasteiger partial charge in [0.05, 0.1) is 6.61 Å². The maximum absolute atomic E-state index is 5.32. The summed E-state index contributed by atoms with van der Waals surface area (Å²) in [6.07, 6.45) is 12.6. The zero-order valence-electron chi connectivity index (χ0n) is 9.85. The first-order valence-electron chi connectivity index (χ1n) is 6.16. The highest BCUT2D eigenvalue weighted by molar-refractivity contribution is 9.09. The Morgan fingerprint density at radius 2 is 1.40 bits per heavy atom. The van der Waals surface area contributed by atoms with Crippen molar-refractivity contribution in [1.29, 1.82) is 0 Å². The number of hydrogen-bond donors (Lipinski definition) is 0. The SMILES string of the molecule is C=CCOCCCCCCCCCCBr. The Morgan fingerprint density at radius 1 is 0.867 bits per heavy atom. The number of alkyl halides is 1. The average molecular weight is 277 g/mol. The van der Waals surface area contributed by atoms with Crippen LogP contribution in [0.3, 0.4) is 0 Å².